The van der Waals surface area contributed by atoms with Gasteiger partial charge in [-0.15, -0.1) is 6.58 Å². The summed E-state index contributed by atoms with van der Waals surface area (Å²) in [6.45, 7) is 6.80. The van der Waals surface area contributed by atoms with Gasteiger partial charge < -0.3 is 14.8 Å². The van der Waals surface area contributed by atoms with E-state index in [1.54, 1.807) is 0 Å². The Morgan fingerprint density at radius 2 is 1.57 bits per heavy atom. The molecule has 5 heteroatoms. The maximum atomic E-state index is 13.3. The van der Waals surface area contributed by atoms with Crippen molar-refractivity contribution in [2.45, 2.75) is 64.4 Å². The highest BCUT2D eigenvalue weighted by molar-refractivity contribution is 6.06. The number of carbonyl (C=O) groups excluding carboxylic acids is 2. The fourth-order valence-electron chi connectivity index (χ4n) is 6.47. The number of hydrogen-bond donors (Lipinski definition) is 1. The Balaban J connectivity index is 1.46. The number of hydrogen-bond acceptors (Lipinski definition) is 5. The highest BCUT2D eigenvalue weighted by Gasteiger charge is 2.40. The van der Waals surface area contributed by atoms with E-state index in [9.17, 15) is 9.59 Å². The van der Waals surface area contributed by atoms with Crippen LogP contribution in [0.5, 0.6) is 11.5 Å². The average Bonchev–Trinajstić information content (AvgIpc) is 2.96. The van der Waals surface area contributed by atoms with Gasteiger partial charge >= 0.3 is 0 Å². The van der Waals surface area contributed by atoms with Gasteiger partial charge in [0.25, 0.3) is 0 Å². The van der Waals surface area contributed by atoms with Gasteiger partial charge in [-0.3, -0.25) is 9.59 Å². The van der Waals surface area contributed by atoms with Crippen LogP contribution < -0.4 is 14.8 Å². The predicted molar refractivity (Wildman–Crippen MR) is 157 cm³/mol. The van der Waals surface area contributed by atoms with E-state index in [-0.39, 0.29) is 17.5 Å². The van der Waals surface area contributed by atoms with Crippen molar-refractivity contribution < 1.29 is 19.1 Å². The zero-order chi connectivity index (χ0) is 27.6. The molecule has 1 heterocycles. The summed E-state index contributed by atoms with van der Waals surface area (Å²) in [4.78, 5) is 26.7. The highest BCUT2D eigenvalue weighted by Crippen LogP contribution is 2.47. The van der Waals surface area contributed by atoms with Gasteiger partial charge in [0.1, 0.15) is 6.61 Å². The Morgan fingerprint density at radius 3 is 2.27 bits per heavy atom. The Labute approximate surface area is 235 Å². The molecule has 1 aliphatic heterocycles. The average molecular weight is 534 g/mol. The molecule has 1 N–H and O–H groups in total. The third kappa shape index (κ3) is 4.74. The third-order valence-corrected chi connectivity index (χ3v) is 8.19. The Bertz CT molecular complexity index is 1530. The fourth-order valence-corrected chi connectivity index (χ4v) is 6.47. The molecule has 204 valence electrons. The SMILES string of the molecule is C=CCc1cc(C2C3=C(CCCC3=O)NC3=C2C(=O)CCC3)cc(OCC)c1OCc1cccc2ccccc12. The zero-order valence-corrected chi connectivity index (χ0v) is 23.1. The second-order valence-corrected chi connectivity index (χ2v) is 10.8. The lowest BCUT2D eigenvalue weighted by Gasteiger charge is -2.37. The Hall–Kier alpha value is -4.12. The van der Waals surface area contributed by atoms with Crippen molar-refractivity contribution in [2.24, 2.45) is 0 Å². The standard InChI is InChI=1S/C35H35NO4/c1-3-10-23-19-25(32-33-27(15-8-17-29(33)37)36-28-16-9-18-30(38)34(28)32)20-31(39-4-2)35(23)40-21-24-13-7-12-22-11-5-6-14-26(22)24/h3,5-7,11-14,19-20,32,36H,1,4,8-10,15-18,21H2,2H3. The first-order chi connectivity index (χ1) is 19.6. The first-order valence-corrected chi connectivity index (χ1v) is 14.4. The molecule has 0 fully saturated rings. The van der Waals surface area contributed by atoms with Gasteiger partial charge in [0, 0.05) is 46.9 Å². The second kappa shape index (κ2) is 11.2. The van der Waals surface area contributed by atoms with Crippen LogP contribution in [0.3, 0.4) is 0 Å². The molecule has 40 heavy (non-hydrogen) atoms. The molecule has 3 aromatic rings. The largest absolute Gasteiger partial charge is 0.490 e. The molecule has 3 aliphatic rings. The smallest absolute Gasteiger partial charge is 0.165 e. The van der Waals surface area contributed by atoms with Crippen LogP contribution in [0, 0.1) is 0 Å². The van der Waals surface area contributed by atoms with E-state index in [1.165, 1.54) is 5.39 Å². The van der Waals surface area contributed by atoms with Crippen LogP contribution in [-0.2, 0) is 22.6 Å². The van der Waals surface area contributed by atoms with Crippen molar-refractivity contribution in [1.29, 1.82) is 0 Å². The summed E-state index contributed by atoms with van der Waals surface area (Å²) in [6.07, 6.45) is 6.77. The molecule has 0 atom stereocenters. The van der Waals surface area contributed by atoms with Crippen LogP contribution in [0.1, 0.15) is 68.1 Å². The molecule has 6 rings (SSSR count). The summed E-state index contributed by atoms with van der Waals surface area (Å²) in [5, 5.41) is 5.83. The number of nitrogens with one attached hydrogen (secondary N) is 1. The number of Topliss-reactive ketones (excluding diaryl/α,β-unsaturated/α-hetero) is 2. The number of ketones is 2. The molecule has 3 aromatic carbocycles. The van der Waals surface area contributed by atoms with Crippen molar-refractivity contribution in [3.05, 3.63) is 106 Å². The molecule has 0 saturated carbocycles. The molecule has 0 saturated heterocycles. The molecular formula is C35H35NO4. The number of rotatable bonds is 8. The lowest BCUT2D eigenvalue weighted by Crippen LogP contribution is -2.36. The van der Waals surface area contributed by atoms with Crippen molar-refractivity contribution in [2.75, 3.05) is 6.61 Å². The molecule has 0 spiro atoms. The Morgan fingerprint density at radius 1 is 0.875 bits per heavy atom. The third-order valence-electron chi connectivity index (χ3n) is 8.19. The summed E-state index contributed by atoms with van der Waals surface area (Å²) in [6, 6.07) is 18.6. The van der Waals surface area contributed by atoms with Gasteiger partial charge in [-0.25, -0.2) is 0 Å². The minimum Gasteiger partial charge on any atom is -0.490 e. The van der Waals surface area contributed by atoms with E-state index >= 15 is 0 Å². The first kappa shape index (κ1) is 26.1. The summed E-state index contributed by atoms with van der Waals surface area (Å²) >= 11 is 0. The van der Waals surface area contributed by atoms with Gasteiger partial charge in [0.2, 0.25) is 0 Å². The van der Waals surface area contributed by atoms with E-state index in [0.717, 1.165) is 70.3 Å². The van der Waals surface area contributed by atoms with Gasteiger partial charge in [-0.2, -0.15) is 0 Å². The molecule has 5 nitrogen and oxygen atoms in total. The van der Waals surface area contributed by atoms with E-state index in [2.05, 4.69) is 42.2 Å². The molecule has 0 bridgehead atoms. The number of allylic oxidation sites excluding steroid dienone is 5. The molecule has 2 aliphatic carbocycles. The zero-order valence-electron chi connectivity index (χ0n) is 23.1. The quantitative estimate of drug-likeness (QED) is 0.309. The minimum absolute atomic E-state index is 0.128. The van der Waals surface area contributed by atoms with E-state index < -0.39 is 0 Å². The van der Waals surface area contributed by atoms with Crippen molar-refractivity contribution >= 4 is 22.3 Å². The number of ether oxygens (including phenoxy) is 2. The summed E-state index contributed by atoms with van der Waals surface area (Å²) < 4.78 is 12.7. The predicted octanol–water partition coefficient (Wildman–Crippen LogP) is 7.25. The van der Waals surface area contributed by atoms with Gasteiger partial charge in [-0.1, -0.05) is 54.6 Å². The van der Waals surface area contributed by atoms with E-state index in [4.69, 9.17) is 9.47 Å². The summed E-state index contributed by atoms with van der Waals surface area (Å²) in [5.74, 6) is 1.18. The summed E-state index contributed by atoms with van der Waals surface area (Å²) in [5.41, 5.74) is 6.39. The van der Waals surface area contributed by atoms with E-state index in [0.29, 0.717) is 44.0 Å². The lowest BCUT2D eigenvalue weighted by atomic mass is 9.71. The normalized spacial score (nSPS) is 17.4. The van der Waals surface area contributed by atoms with Crippen molar-refractivity contribution in [1.82, 2.24) is 5.32 Å². The number of benzene rings is 3. The van der Waals surface area contributed by atoms with Crippen molar-refractivity contribution in [3.8, 4) is 11.5 Å². The van der Waals surface area contributed by atoms with Gasteiger partial charge in [0.05, 0.1) is 6.61 Å². The maximum Gasteiger partial charge on any atom is 0.165 e. The Kier molecular flexibility index (Phi) is 7.29. The number of fused-ring (bicyclic) bond motifs is 1. The number of carbonyl (C=O) groups is 2. The molecule has 0 unspecified atom stereocenters. The maximum absolute atomic E-state index is 13.3. The molecular weight excluding hydrogens is 498 g/mol. The van der Waals surface area contributed by atoms with Crippen LogP contribution in [0.25, 0.3) is 10.8 Å². The topological polar surface area (TPSA) is 64.6 Å². The summed E-state index contributed by atoms with van der Waals surface area (Å²) in [7, 11) is 0. The first-order valence-electron chi connectivity index (χ1n) is 14.4. The van der Waals surface area contributed by atoms with Crippen LogP contribution in [0.2, 0.25) is 0 Å². The molecule has 0 radical (unpaired) electrons. The molecule has 0 amide bonds. The second-order valence-electron chi connectivity index (χ2n) is 10.8. The van der Waals surface area contributed by atoms with Gasteiger partial charge in [-0.05, 0) is 67.0 Å². The van der Waals surface area contributed by atoms with Crippen LogP contribution in [0.15, 0.2) is 89.8 Å². The molecule has 0 aromatic heterocycles. The monoisotopic (exact) mass is 533 g/mol. The highest BCUT2D eigenvalue weighted by atomic mass is 16.5. The van der Waals surface area contributed by atoms with Crippen LogP contribution in [-0.4, -0.2) is 18.2 Å². The van der Waals surface area contributed by atoms with Crippen molar-refractivity contribution in [3.63, 3.8) is 0 Å². The fraction of sp³-hybridized carbons (Fsp3) is 0.314. The van der Waals surface area contributed by atoms with Gasteiger partial charge in [0.15, 0.2) is 23.1 Å². The van der Waals surface area contributed by atoms with E-state index in [1.807, 2.05) is 37.3 Å². The minimum atomic E-state index is -0.387. The number of dihydropyridines is 1. The van der Waals surface area contributed by atoms with Crippen LogP contribution >= 0.6 is 0 Å². The van der Waals surface area contributed by atoms with Crippen LogP contribution in [0.4, 0.5) is 0 Å². The lowest BCUT2D eigenvalue weighted by molar-refractivity contribution is -0.117.